The van der Waals surface area contributed by atoms with Crippen LogP contribution in [-0.2, 0) is 10.5 Å². The zero-order valence-corrected chi connectivity index (χ0v) is 12.5. The number of rotatable bonds is 4. The molecule has 3 nitrogen and oxygen atoms in total. The lowest BCUT2D eigenvalue weighted by Gasteiger charge is -2.07. The van der Waals surface area contributed by atoms with E-state index in [1.165, 1.54) is 5.56 Å². The number of benzene rings is 1. The minimum absolute atomic E-state index is 0.271. The third kappa shape index (κ3) is 4.30. The molecule has 0 amide bonds. The van der Waals surface area contributed by atoms with Crippen LogP contribution in [0.3, 0.4) is 0 Å². The maximum atomic E-state index is 5.89. The van der Waals surface area contributed by atoms with Crippen molar-refractivity contribution in [2.45, 2.75) is 24.7 Å². The van der Waals surface area contributed by atoms with Crippen LogP contribution in [0.25, 0.3) is 0 Å². The van der Waals surface area contributed by atoms with Crippen molar-refractivity contribution < 1.29 is 4.74 Å². The molecule has 1 saturated heterocycles. The molecule has 1 aromatic rings. The fourth-order valence-corrected chi connectivity index (χ4v) is 3.12. The Labute approximate surface area is 120 Å². The molecule has 98 valence electrons. The van der Waals surface area contributed by atoms with E-state index in [4.69, 9.17) is 10.5 Å². The summed E-state index contributed by atoms with van der Waals surface area (Å²) in [6.07, 6.45) is 2.52. The first-order chi connectivity index (χ1) is 8.75. The number of aliphatic imine (C=N–C) groups is 1. The van der Waals surface area contributed by atoms with E-state index in [0.717, 1.165) is 29.7 Å². The van der Waals surface area contributed by atoms with Crippen molar-refractivity contribution in [2.24, 2.45) is 10.7 Å². The van der Waals surface area contributed by atoms with Crippen LogP contribution in [0.2, 0.25) is 0 Å². The molecule has 1 aliphatic rings. The topological polar surface area (TPSA) is 47.6 Å². The summed E-state index contributed by atoms with van der Waals surface area (Å²) < 4.78 is 6.62. The lowest BCUT2D eigenvalue weighted by atomic mass is 10.2. The molecular formula is C13H17BrN2OS. The Balaban J connectivity index is 1.78. The molecule has 2 N–H and O–H groups in total. The monoisotopic (exact) mass is 328 g/mol. The number of halogens is 1. The summed E-state index contributed by atoms with van der Waals surface area (Å²) in [4.78, 5) is 4.37. The number of ether oxygens (including phenoxy) is 1. The molecule has 0 bridgehead atoms. The highest BCUT2D eigenvalue weighted by Crippen LogP contribution is 2.21. The second-order valence-electron chi connectivity index (χ2n) is 4.19. The predicted molar refractivity (Wildman–Crippen MR) is 80.9 cm³/mol. The number of hydrogen-bond acceptors (Lipinski definition) is 3. The van der Waals surface area contributed by atoms with Gasteiger partial charge >= 0.3 is 0 Å². The second kappa shape index (κ2) is 7.16. The van der Waals surface area contributed by atoms with Crippen LogP contribution in [0.5, 0.6) is 0 Å². The van der Waals surface area contributed by atoms with Crippen molar-refractivity contribution in [1.82, 2.24) is 0 Å². The maximum Gasteiger partial charge on any atom is 0.154 e. The Bertz CT molecular complexity index is 419. The summed E-state index contributed by atoms with van der Waals surface area (Å²) >= 11 is 5.09. The van der Waals surface area contributed by atoms with Crippen molar-refractivity contribution in [1.29, 1.82) is 0 Å². The average molecular weight is 329 g/mol. The highest BCUT2D eigenvalue weighted by Gasteiger charge is 2.14. The fraction of sp³-hybridized carbons (Fsp3) is 0.462. The maximum absolute atomic E-state index is 5.89. The first-order valence-electron chi connectivity index (χ1n) is 6.03. The third-order valence-corrected chi connectivity index (χ3v) is 4.46. The van der Waals surface area contributed by atoms with Crippen LogP contribution in [0.15, 0.2) is 33.7 Å². The van der Waals surface area contributed by atoms with Crippen LogP contribution < -0.4 is 5.73 Å². The van der Waals surface area contributed by atoms with E-state index in [1.807, 2.05) is 18.2 Å². The Morgan fingerprint density at radius 3 is 3.06 bits per heavy atom. The van der Waals surface area contributed by atoms with Crippen LogP contribution in [-0.4, -0.2) is 24.4 Å². The van der Waals surface area contributed by atoms with E-state index in [-0.39, 0.29) is 6.10 Å². The minimum atomic E-state index is 0.271. The average Bonchev–Trinajstić information content (AvgIpc) is 2.88. The van der Waals surface area contributed by atoms with E-state index in [2.05, 4.69) is 27.0 Å². The lowest BCUT2D eigenvalue weighted by Crippen LogP contribution is -2.14. The molecule has 0 spiro atoms. The Morgan fingerprint density at radius 2 is 2.33 bits per heavy atom. The fourth-order valence-electron chi connectivity index (χ4n) is 1.79. The molecule has 0 aromatic heterocycles. The summed E-state index contributed by atoms with van der Waals surface area (Å²) in [6.45, 7) is 1.55. The summed E-state index contributed by atoms with van der Waals surface area (Å²) in [7, 11) is 0. The largest absolute Gasteiger partial charge is 0.379 e. The Hall–Kier alpha value is -0.520. The van der Waals surface area contributed by atoms with Gasteiger partial charge in [0, 0.05) is 16.8 Å². The number of thioether (sulfide) groups is 1. The third-order valence-electron chi connectivity index (χ3n) is 2.81. The van der Waals surface area contributed by atoms with Gasteiger partial charge in [-0.15, -0.1) is 0 Å². The summed E-state index contributed by atoms with van der Waals surface area (Å²) in [5.41, 5.74) is 7.13. The van der Waals surface area contributed by atoms with Gasteiger partial charge in [0.15, 0.2) is 5.17 Å². The second-order valence-corrected chi connectivity index (χ2v) is 6.04. The molecule has 2 rings (SSSR count). The van der Waals surface area contributed by atoms with Gasteiger partial charge in [-0.2, -0.15) is 0 Å². The molecule has 1 heterocycles. The van der Waals surface area contributed by atoms with E-state index in [1.54, 1.807) is 11.8 Å². The summed E-state index contributed by atoms with van der Waals surface area (Å²) in [5.74, 6) is 0.836. The zero-order valence-electron chi connectivity index (χ0n) is 10.1. The van der Waals surface area contributed by atoms with Crippen molar-refractivity contribution in [2.75, 3.05) is 13.2 Å². The molecule has 1 aliphatic heterocycles. The summed E-state index contributed by atoms with van der Waals surface area (Å²) in [5, 5.41) is 0.640. The lowest BCUT2D eigenvalue weighted by molar-refractivity contribution is 0.118. The molecule has 0 aliphatic carbocycles. The molecule has 5 heteroatoms. The number of nitrogens with zero attached hydrogens (tertiary/aromatic N) is 1. The van der Waals surface area contributed by atoms with Gasteiger partial charge in [-0.25, -0.2) is 0 Å². The van der Waals surface area contributed by atoms with E-state index >= 15 is 0 Å². The van der Waals surface area contributed by atoms with Gasteiger partial charge in [0.1, 0.15) is 0 Å². The SMILES string of the molecule is NC(=NC[C@@H]1CCCO1)SCc1ccccc1Br. The van der Waals surface area contributed by atoms with Gasteiger partial charge in [0.05, 0.1) is 12.6 Å². The normalized spacial score (nSPS) is 20.3. The zero-order chi connectivity index (χ0) is 12.8. The standard InChI is InChI=1S/C13H17BrN2OS/c14-12-6-2-1-4-10(12)9-18-13(15)16-8-11-5-3-7-17-11/h1-2,4,6,11H,3,5,7-9H2,(H2,15,16)/t11-/m0/s1. The highest BCUT2D eigenvalue weighted by atomic mass is 79.9. The van der Waals surface area contributed by atoms with E-state index in [0.29, 0.717) is 11.7 Å². The number of nitrogens with two attached hydrogens (primary N) is 1. The Morgan fingerprint density at radius 1 is 1.50 bits per heavy atom. The molecule has 1 aromatic carbocycles. The van der Waals surface area contributed by atoms with Crippen LogP contribution >= 0.6 is 27.7 Å². The van der Waals surface area contributed by atoms with Gasteiger partial charge in [-0.1, -0.05) is 45.9 Å². The van der Waals surface area contributed by atoms with Gasteiger partial charge in [-0.05, 0) is 24.5 Å². The van der Waals surface area contributed by atoms with Crippen LogP contribution in [0.4, 0.5) is 0 Å². The van der Waals surface area contributed by atoms with Gasteiger partial charge in [-0.3, -0.25) is 4.99 Å². The molecule has 0 unspecified atom stereocenters. The summed E-state index contributed by atoms with van der Waals surface area (Å²) in [6, 6.07) is 8.16. The van der Waals surface area contributed by atoms with E-state index < -0.39 is 0 Å². The predicted octanol–water partition coefficient (Wildman–Crippen LogP) is 3.18. The Kier molecular flexibility index (Phi) is 5.53. The van der Waals surface area contributed by atoms with Crippen LogP contribution in [0.1, 0.15) is 18.4 Å². The molecule has 1 fully saturated rings. The molecule has 0 saturated carbocycles. The molecule has 1 atom stereocenters. The van der Waals surface area contributed by atoms with Gasteiger partial charge in [0.25, 0.3) is 0 Å². The molecule has 18 heavy (non-hydrogen) atoms. The quantitative estimate of drug-likeness (QED) is 0.682. The first kappa shape index (κ1) is 13.9. The van der Waals surface area contributed by atoms with Crippen molar-refractivity contribution in [3.8, 4) is 0 Å². The number of hydrogen-bond donors (Lipinski definition) is 1. The molecular weight excluding hydrogens is 312 g/mol. The molecule has 0 radical (unpaired) electrons. The van der Waals surface area contributed by atoms with Crippen molar-refractivity contribution in [3.63, 3.8) is 0 Å². The highest BCUT2D eigenvalue weighted by molar-refractivity contribution is 9.10. The van der Waals surface area contributed by atoms with Gasteiger partial charge in [0.2, 0.25) is 0 Å². The van der Waals surface area contributed by atoms with Crippen LogP contribution in [0, 0.1) is 0 Å². The van der Waals surface area contributed by atoms with E-state index in [9.17, 15) is 0 Å². The number of amidine groups is 1. The van der Waals surface area contributed by atoms with Crippen molar-refractivity contribution in [3.05, 3.63) is 34.3 Å². The van der Waals surface area contributed by atoms with Crippen molar-refractivity contribution >= 4 is 32.9 Å². The minimum Gasteiger partial charge on any atom is -0.379 e. The smallest absolute Gasteiger partial charge is 0.154 e. The first-order valence-corrected chi connectivity index (χ1v) is 7.81. The van der Waals surface area contributed by atoms with Gasteiger partial charge < -0.3 is 10.5 Å².